The summed E-state index contributed by atoms with van der Waals surface area (Å²) < 4.78 is 15.0. The Hall–Kier alpha value is -3.07. The second-order valence-corrected chi connectivity index (χ2v) is 6.81. The number of halogens is 2. The van der Waals surface area contributed by atoms with Crippen molar-refractivity contribution in [1.29, 1.82) is 0 Å². The van der Waals surface area contributed by atoms with E-state index in [1.807, 2.05) is 6.92 Å². The molecule has 1 aromatic heterocycles. The molecule has 2 N–H and O–H groups in total. The first kappa shape index (κ1) is 19.7. The van der Waals surface area contributed by atoms with Gasteiger partial charge in [-0.25, -0.2) is 9.07 Å². The monoisotopic (exact) mass is 446 g/mol. The molecule has 3 rings (SSSR count). The Morgan fingerprint density at radius 3 is 2.46 bits per heavy atom. The van der Waals surface area contributed by atoms with Crippen LogP contribution in [0.4, 0.5) is 4.39 Å². The minimum absolute atomic E-state index is 0.00550. The van der Waals surface area contributed by atoms with Crippen LogP contribution < -0.4 is 16.4 Å². The summed E-state index contributed by atoms with van der Waals surface area (Å²) in [6.07, 6.45) is 0.665. The van der Waals surface area contributed by atoms with Crippen LogP contribution in [0.2, 0.25) is 0 Å². The highest BCUT2D eigenvalue weighted by molar-refractivity contribution is 9.10. The van der Waals surface area contributed by atoms with E-state index in [0.717, 1.165) is 6.07 Å². The number of aryl methyl sites for hydroxylation is 1. The third-order valence-electron chi connectivity index (χ3n) is 3.99. The number of hydrazine groups is 1. The number of nitrogens with zero attached hydrogens (tertiary/aromatic N) is 2. The molecular formula is C19H16BrFN4O3. The fraction of sp³-hybridized carbons (Fsp3) is 0.158. The lowest BCUT2D eigenvalue weighted by molar-refractivity contribution is 0.0843. The van der Waals surface area contributed by atoms with Crippen LogP contribution in [0.15, 0.2) is 51.7 Å². The molecule has 144 valence electrons. The van der Waals surface area contributed by atoms with Gasteiger partial charge in [-0.1, -0.05) is 25.1 Å². The number of rotatable bonds is 4. The largest absolute Gasteiger partial charge is 0.290 e. The minimum Gasteiger partial charge on any atom is -0.267 e. The third-order valence-corrected chi connectivity index (χ3v) is 4.63. The zero-order chi connectivity index (χ0) is 20.3. The SMILES string of the molecule is CCCn1nc(C(=O)NNC(=O)c2ccc(Br)c(F)c2)c2ccccc2c1=O. The van der Waals surface area contributed by atoms with Crippen LogP contribution in [0.3, 0.4) is 0 Å². The molecule has 7 nitrogen and oxygen atoms in total. The zero-order valence-corrected chi connectivity index (χ0v) is 16.4. The van der Waals surface area contributed by atoms with Crippen molar-refractivity contribution >= 4 is 38.5 Å². The summed E-state index contributed by atoms with van der Waals surface area (Å²) in [6.45, 7) is 2.25. The maximum atomic E-state index is 13.6. The summed E-state index contributed by atoms with van der Waals surface area (Å²) in [5.74, 6) is -1.98. The number of fused-ring (bicyclic) bond motifs is 1. The molecule has 1 heterocycles. The van der Waals surface area contributed by atoms with Gasteiger partial charge in [-0.15, -0.1) is 0 Å². The number of nitrogens with one attached hydrogen (secondary N) is 2. The normalized spacial score (nSPS) is 10.7. The summed E-state index contributed by atoms with van der Waals surface area (Å²) >= 11 is 3.01. The van der Waals surface area contributed by atoms with Crippen LogP contribution in [0.25, 0.3) is 10.8 Å². The summed E-state index contributed by atoms with van der Waals surface area (Å²) in [7, 11) is 0. The lowest BCUT2D eigenvalue weighted by Gasteiger charge is -2.11. The highest BCUT2D eigenvalue weighted by Gasteiger charge is 2.17. The maximum Gasteiger partial charge on any atom is 0.290 e. The van der Waals surface area contributed by atoms with Crippen LogP contribution >= 0.6 is 15.9 Å². The van der Waals surface area contributed by atoms with E-state index in [1.165, 1.54) is 16.8 Å². The summed E-state index contributed by atoms with van der Waals surface area (Å²) in [5.41, 5.74) is 4.24. The van der Waals surface area contributed by atoms with E-state index in [2.05, 4.69) is 31.9 Å². The van der Waals surface area contributed by atoms with Gasteiger partial charge in [0.1, 0.15) is 5.82 Å². The van der Waals surface area contributed by atoms with Gasteiger partial charge in [-0.2, -0.15) is 5.10 Å². The van der Waals surface area contributed by atoms with Gasteiger partial charge in [0.25, 0.3) is 17.4 Å². The van der Waals surface area contributed by atoms with Gasteiger partial charge in [0.2, 0.25) is 0 Å². The van der Waals surface area contributed by atoms with Crippen LogP contribution in [0, 0.1) is 5.82 Å². The molecule has 2 aromatic carbocycles. The number of amides is 2. The number of carbonyl (C=O) groups is 2. The minimum atomic E-state index is -0.689. The highest BCUT2D eigenvalue weighted by atomic mass is 79.9. The molecule has 3 aromatic rings. The predicted octanol–water partition coefficient (Wildman–Crippen LogP) is 2.78. The molecule has 0 saturated carbocycles. The number of hydrogen-bond donors (Lipinski definition) is 2. The van der Waals surface area contributed by atoms with E-state index in [1.54, 1.807) is 24.3 Å². The van der Waals surface area contributed by atoms with E-state index < -0.39 is 17.6 Å². The molecule has 0 saturated heterocycles. The van der Waals surface area contributed by atoms with E-state index >= 15 is 0 Å². The van der Waals surface area contributed by atoms with Crippen LogP contribution in [0.1, 0.15) is 34.2 Å². The fourth-order valence-corrected chi connectivity index (χ4v) is 2.90. The smallest absolute Gasteiger partial charge is 0.267 e. The number of hydrogen-bond acceptors (Lipinski definition) is 4. The average molecular weight is 447 g/mol. The lowest BCUT2D eigenvalue weighted by atomic mass is 10.1. The van der Waals surface area contributed by atoms with Crippen molar-refractivity contribution in [3.63, 3.8) is 0 Å². The van der Waals surface area contributed by atoms with Crippen LogP contribution in [-0.4, -0.2) is 21.6 Å². The van der Waals surface area contributed by atoms with Crippen molar-refractivity contribution in [3.8, 4) is 0 Å². The molecule has 0 aliphatic rings. The van der Waals surface area contributed by atoms with Crippen LogP contribution in [0.5, 0.6) is 0 Å². The van der Waals surface area contributed by atoms with Gasteiger partial charge in [-0.3, -0.25) is 25.2 Å². The molecule has 0 fully saturated rings. The molecule has 2 amide bonds. The highest BCUT2D eigenvalue weighted by Crippen LogP contribution is 2.16. The fourth-order valence-electron chi connectivity index (χ4n) is 2.65. The van der Waals surface area contributed by atoms with E-state index in [9.17, 15) is 18.8 Å². The lowest BCUT2D eigenvalue weighted by Crippen LogP contribution is -2.42. The quantitative estimate of drug-likeness (QED) is 0.602. The number of carbonyl (C=O) groups excluding carboxylic acids is 2. The molecule has 9 heteroatoms. The molecule has 0 radical (unpaired) electrons. The summed E-state index contributed by atoms with van der Waals surface area (Å²) in [4.78, 5) is 37.2. The molecule has 0 aliphatic carbocycles. The van der Waals surface area contributed by atoms with Crippen molar-refractivity contribution < 1.29 is 14.0 Å². The first-order valence-electron chi connectivity index (χ1n) is 8.48. The van der Waals surface area contributed by atoms with Crippen molar-refractivity contribution in [1.82, 2.24) is 20.6 Å². The predicted molar refractivity (Wildman–Crippen MR) is 105 cm³/mol. The summed E-state index contributed by atoms with van der Waals surface area (Å²) in [6, 6.07) is 10.5. The Morgan fingerprint density at radius 2 is 1.79 bits per heavy atom. The maximum absolute atomic E-state index is 13.6. The average Bonchev–Trinajstić information content (AvgIpc) is 2.70. The topological polar surface area (TPSA) is 93.1 Å². The second-order valence-electron chi connectivity index (χ2n) is 5.96. The Balaban J connectivity index is 1.87. The van der Waals surface area contributed by atoms with E-state index in [4.69, 9.17) is 0 Å². The van der Waals surface area contributed by atoms with Gasteiger partial charge in [0.05, 0.1) is 9.86 Å². The van der Waals surface area contributed by atoms with E-state index in [-0.39, 0.29) is 21.3 Å². The van der Waals surface area contributed by atoms with Gasteiger partial charge in [-0.05, 0) is 46.6 Å². The van der Waals surface area contributed by atoms with Crippen molar-refractivity contribution in [2.75, 3.05) is 0 Å². The van der Waals surface area contributed by atoms with Crippen molar-refractivity contribution in [2.24, 2.45) is 0 Å². The molecular weight excluding hydrogens is 431 g/mol. The molecule has 0 atom stereocenters. The molecule has 0 aliphatic heterocycles. The number of aromatic nitrogens is 2. The standard InChI is InChI=1S/C19H16BrFN4O3/c1-2-9-25-19(28)13-6-4-3-5-12(13)16(24-25)18(27)23-22-17(26)11-7-8-14(20)15(21)10-11/h3-8,10H,2,9H2,1H3,(H,22,26)(H,23,27). The van der Waals surface area contributed by atoms with Gasteiger partial charge in [0.15, 0.2) is 5.69 Å². The first-order valence-corrected chi connectivity index (χ1v) is 9.27. The first-order chi connectivity index (χ1) is 13.4. The Bertz CT molecular complexity index is 1130. The molecule has 28 heavy (non-hydrogen) atoms. The van der Waals surface area contributed by atoms with Crippen molar-refractivity contribution in [3.05, 3.63) is 74.4 Å². The number of benzene rings is 2. The Kier molecular flexibility index (Phi) is 5.84. The van der Waals surface area contributed by atoms with Crippen LogP contribution in [-0.2, 0) is 6.54 Å². The third kappa shape index (κ3) is 3.94. The van der Waals surface area contributed by atoms with Gasteiger partial charge in [0, 0.05) is 17.5 Å². The summed E-state index contributed by atoms with van der Waals surface area (Å²) in [5, 5.41) is 4.88. The van der Waals surface area contributed by atoms with Gasteiger partial charge >= 0.3 is 0 Å². The van der Waals surface area contributed by atoms with E-state index in [0.29, 0.717) is 23.7 Å². The molecule has 0 bridgehead atoms. The molecule has 0 spiro atoms. The van der Waals surface area contributed by atoms with Crippen molar-refractivity contribution in [2.45, 2.75) is 19.9 Å². The Morgan fingerprint density at radius 1 is 1.11 bits per heavy atom. The Labute approximate surface area is 167 Å². The van der Waals surface area contributed by atoms with Gasteiger partial charge < -0.3 is 0 Å². The molecule has 0 unspecified atom stereocenters. The second kappa shape index (κ2) is 8.30. The zero-order valence-electron chi connectivity index (χ0n) is 14.8.